The molecule has 0 atom stereocenters. The number of benzene rings is 3. The number of aromatic amines is 3. The molecular weight excluding hydrogens is 1410 g/mol. The Morgan fingerprint density at radius 2 is 0.909 bits per heavy atom. The predicted molar refractivity (Wildman–Crippen MR) is 402 cm³/mol. The minimum atomic E-state index is -1.54. The van der Waals surface area contributed by atoms with Crippen LogP contribution in [0.1, 0.15) is 90.9 Å². The van der Waals surface area contributed by atoms with Crippen molar-refractivity contribution in [1.82, 2.24) is 100.0 Å². The summed E-state index contributed by atoms with van der Waals surface area (Å²) >= 11 is 0. The summed E-state index contributed by atoms with van der Waals surface area (Å²) in [5, 5.41) is 35.2. The average molecular weight is 1480 g/mol. The number of allylic oxidation sites excluding steroid dienone is 1. The Labute approximate surface area is 627 Å². The number of hydrogen-bond acceptors (Lipinski definition) is 22. The first-order valence-corrected chi connectivity index (χ1v) is 34.3. The molecule has 3 fully saturated rings. The lowest BCUT2D eigenvalue weighted by Crippen LogP contribution is -2.51. The van der Waals surface area contributed by atoms with Gasteiger partial charge in [0.25, 0.3) is 23.3 Å². The van der Waals surface area contributed by atoms with E-state index in [2.05, 4.69) is 86.8 Å². The van der Waals surface area contributed by atoms with Crippen molar-refractivity contribution in [2.24, 2.45) is 0 Å². The largest absolute Gasteiger partial charge is 0.494 e. The number of ketones is 3. The van der Waals surface area contributed by atoms with Gasteiger partial charge in [-0.2, -0.15) is 20.6 Å². The summed E-state index contributed by atoms with van der Waals surface area (Å²) in [6.07, 6.45) is 15.8. The van der Waals surface area contributed by atoms with Gasteiger partial charge in [-0.3, -0.25) is 39.8 Å². The summed E-state index contributed by atoms with van der Waals surface area (Å²) in [7, 11) is 6.12. The molecule has 0 saturated carbocycles. The Morgan fingerprint density at radius 3 is 1.27 bits per heavy atom. The fourth-order valence-corrected chi connectivity index (χ4v) is 12.9. The number of nitriles is 1. The topological polar surface area (TPSA) is 395 Å². The molecule has 0 radical (unpaired) electrons. The van der Waals surface area contributed by atoms with Gasteiger partial charge in [-0.05, 0) is 74.3 Å². The fourth-order valence-electron chi connectivity index (χ4n) is 12.9. The standard InChI is InChI=1S/C26H24N8O3.C26H23N7O3.C13H11N5O4.C12H13N3/c1-16-30-15-33(31-16)25-23-21(20(37-4)13-29-25)19(12-28-23)24(35)26(36)34-11-10-18(14-32(34)3)22(27-2)17-8-6-5-7-9-17;1-16-30-15-33(31-16)25-23-21(20(36-3)14-29-25)19(13-28-23)24(34)26(35)32-11-9-18(10-12-32)22(27-2)17-7-5-4-6-8-17;1-6-16-5-18(17-6)12-10-9(8(22-2)4-15-12)7(3-14-10)11(19)13(20)21;13-8-12(10-4-2-1-3-5-10)11-6-7-14-15-9-11/h5-9,12-13,15,28H,10-11,14H2,1,3-4H3;4-8,13-15,28H,9-12H2,1,3H3;3-5,14H,1-2H3,(H,20,21);1-5,14-15H,6-7,9H2/b22-18+;;;12-11-. The maximum Gasteiger partial charge on any atom is 0.377 e. The second kappa shape index (κ2) is 33.8. The molecule has 0 spiro atoms. The molecule has 3 aliphatic heterocycles. The first kappa shape index (κ1) is 75.2. The molecule has 15 rings (SSSR count). The third-order valence-corrected chi connectivity index (χ3v) is 18.2. The minimum absolute atomic E-state index is 0.000151. The van der Waals surface area contributed by atoms with Crippen LogP contribution in [0.25, 0.3) is 76.8 Å². The number of piperidine rings is 1. The van der Waals surface area contributed by atoms with E-state index in [4.69, 9.17) is 32.5 Å². The van der Waals surface area contributed by atoms with Crippen LogP contribution in [0.3, 0.4) is 0 Å². The van der Waals surface area contributed by atoms with Crippen LogP contribution in [-0.4, -0.2) is 197 Å². The molecule has 110 heavy (non-hydrogen) atoms. The van der Waals surface area contributed by atoms with Crippen molar-refractivity contribution in [2.45, 2.75) is 46.5 Å². The first-order valence-electron chi connectivity index (χ1n) is 34.3. The maximum absolute atomic E-state index is 13.5. The number of methoxy groups -OCH3 is 3. The molecule has 12 heterocycles. The number of rotatable bonds is 15. The van der Waals surface area contributed by atoms with Gasteiger partial charge in [-0.1, -0.05) is 96.6 Å². The van der Waals surface area contributed by atoms with Crippen LogP contribution < -0.4 is 25.1 Å². The van der Waals surface area contributed by atoms with E-state index in [0.717, 1.165) is 52.9 Å². The molecule has 554 valence electrons. The van der Waals surface area contributed by atoms with Crippen molar-refractivity contribution in [3.63, 3.8) is 0 Å². The molecule has 3 aliphatic rings. The van der Waals surface area contributed by atoms with E-state index >= 15 is 0 Å². The number of nitrogens with one attached hydrogen (secondary N) is 5. The number of pyridine rings is 3. The molecule has 3 saturated heterocycles. The van der Waals surface area contributed by atoms with Crippen LogP contribution in [0.4, 0.5) is 0 Å². The second-order valence-electron chi connectivity index (χ2n) is 24.9. The Kier molecular flexibility index (Phi) is 23.1. The SMILES string of the molecule is COc1cnc(-n2cnc(C)n2)c2[nH]cc(C(=O)C(=O)O)c12.N#C/C(=C1\CCNNC1)c1ccccc1.[C-]#[N+]/C(=C1\CCN(C(=O)C(=O)c2c[nH]c3c(-n4cnc(C)n4)ncc(OC)c23)N(C)C1)c1ccccc1.[C-]#[N+]C(=C1CCN(C(=O)C(=O)c2c[nH]c3c(-n4cnc(C)n4)ncc(OC)c23)CC1)c1ccccc1. The number of H-pyrrole nitrogens is 3. The summed E-state index contributed by atoms with van der Waals surface area (Å²) in [5.74, 6) is -1.15. The summed E-state index contributed by atoms with van der Waals surface area (Å²) in [5.41, 5.74) is 15.8. The third-order valence-electron chi connectivity index (χ3n) is 18.2. The number of hydrogen-bond donors (Lipinski definition) is 6. The second-order valence-corrected chi connectivity index (χ2v) is 24.9. The smallest absolute Gasteiger partial charge is 0.377 e. The number of hydrazine groups is 2. The number of likely N-dealkylation sites (N-methyl/N-ethyl adjacent to an activating group) is 1. The van der Waals surface area contributed by atoms with Crippen molar-refractivity contribution in [2.75, 3.05) is 67.6 Å². The van der Waals surface area contributed by atoms with Crippen molar-refractivity contribution in [1.29, 1.82) is 5.26 Å². The lowest BCUT2D eigenvalue weighted by atomic mass is 9.97. The van der Waals surface area contributed by atoms with Gasteiger partial charge in [0.1, 0.15) is 53.7 Å². The predicted octanol–water partition coefficient (Wildman–Crippen LogP) is 8.84. The summed E-state index contributed by atoms with van der Waals surface area (Å²) in [4.78, 5) is 120. The molecule has 6 N–H and O–H groups in total. The lowest BCUT2D eigenvalue weighted by Gasteiger charge is -2.37. The van der Waals surface area contributed by atoms with E-state index in [0.29, 0.717) is 135 Å². The molecule has 33 nitrogen and oxygen atoms in total. The van der Waals surface area contributed by atoms with Crippen LogP contribution in [0, 0.1) is 45.2 Å². The Hall–Kier alpha value is -14.5. The number of amides is 2. The van der Waals surface area contributed by atoms with Gasteiger partial charge in [0.05, 0.1) is 114 Å². The number of Topliss-reactive ketones (excluding diaryl/α,β-unsaturated/α-hetero) is 3. The van der Waals surface area contributed by atoms with Crippen LogP contribution in [0.15, 0.2) is 164 Å². The average Bonchev–Trinajstić information content (AvgIpc) is 1.60. The van der Waals surface area contributed by atoms with Gasteiger partial charge in [0.15, 0.2) is 28.8 Å². The van der Waals surface area contributed by atoms with Crippen molar-refractivity contribution < 1.29 is 48.1 Å². The fraction of sp³-hybridized carbons (Fsp3) is 0.221. The number of carbonyl (C=O) groups is 6. The van der Waals surface area contributed by atoms with E-state index in [1.165, 1.54) is 102 Å². The van der Waals surface area contributed by atoms with Gasteiger partial charge in [0, 0.05) is 64.9 Å². The van der Waals surface area contributed by atoms with E-state index in [9.17, 15) is 34.0 Å². The molecule has 3 aromatic carbocycles. The molecule has 12 aromatic rings. The molecule has 0 bridgehead atoms. The summed E-state index contributed by atoms with van der Waals surface area (Å²) < 4.78 is 20.5. The zero-order valence-corrected chi connectivity index (χ0v) is 60.6. The van der Waals surface area contributed by atoms with Gasteiger partial charge >= 0.3 is 11.9 Å². The number of fused-ring (bicyclic) bond motifs is 3. The van der Waals surface area contributed by atoms with E-state index in [-0.39, 0.29) is 23.2 Å². The van der Waals surface area contributed by atoms with Crippen LogP contribution in [0.2, 0.25) is 0 Å². The highest BCUT2D eigenvalue weighted by atomic mass is 16.5. The molecule has 0 unspecified atom stereocenters. The van der Waals surface area contributed by atoms with Crippen molar-refractivity contribution in [3.8, 4) is 40.8 Å². The van der Waals surface area contributed by atoms with E-state index < -0.39 is 35.1 Å². The number of carboxylic acid groups (broad SMARTS) is 1. The normalized spacial score (nSPS) is 14.4. The highest BCUT2D eigenvalue weighted by molar-refractivity contribution is 6.46. The number of likely N-dealkylation sites (tertiary alicyclic amines) is 1. The highest BCUT2D eigenvalue weighted by Gasteiger charge is 2.35. The number of aryl methyl sites for hydroxylation is 3. The number of ether oxygens (including phenoxy) is 3. The number of aromatic nitrogens is 15. The molecule has 0 aliphatic carbocycles. The minimum Gasteiger partial charge on any atom is -0.494 e. The van der Waals surface area contributed by atoms with Crippen LogP contribution in [0.5, 0.6) is 17.2 Å². The van der Waals surface area contributed by atoms with Crippen molar-refractivity contribution in [3.05, 3.63) is 238 Å². The van der Waals surface area contributed by atoms with Gasteiger partial charge in [-0.15, -0.1) is 0 Å². The van der Waals surface area contributed by atoms with Gasteiger partial charge < -0.3 is 39.2 Å². The Morgan fingerprint density at radius 1 is 0.509 bits per heavy atom. The van der Waals surface area contributed by atoms with Crippen molar-refractivity contribution >= 4 is 84.8 Å². The van der Waals surface area contributed by atoms with Gasteiger partial charge in [-0.25, -0.2) is 63.4 Å². The molecule has 2 amide bonds. The zero-order valence-electron chi connectivity index (χ0n) is 60.6. The Bertz CT molecular complexity index is 5730. The summed E-state index contributed by atoms with van der Waals surface area (Å²) in [6.45, 7) is 23.6. The number of aliphatic carboxylic acids is 1. The van der Waals surface area contributed by atoms with Gasteiger partial charge in [0.2, 0.25) is 0 Å². The third kappa shape index (κ3) is 15.7. The lowest BCUT2D eigenvalue weighted by molar-refractivity contribution is -0.142. The Balaban J connectivity index is 0.000000144. The molecular formula is C77H71N23O10. The number of nitrogens with zero attached hydrogens (tertiary/aromatic N) is 18. The molecule has 33 heteroatoms. The number of carbonyl (C=O) groups excluding carboxylic acids is 5. The maximum atomic E-state index is 13.5. The number of carboxylic acids is 1. The quantitative estimate of drug-likeness (QED) is 0.0241. The van der Waals surface area contributed by atoms with E-state index in [1.807, 2.05) is 91.0 Å². The van der Waals surface area contributed by atoms with Crippen LogP contribution in [-0.2, 0) is 14.4 Å². The monoisotopic (exact) mass is 1480 g/mol. The van der Waals surface area contributed by atoms with E-state index in [1.54, 1.807) is 37.7 Å². The van der Waals surface area contributed by atoms with Crippen LogP contribution >= 0.6 is 0 Å². The molecule has 9 aromatic heterocycles. The first-order chi connectivity index (χ1) is 53.4. The zero-order chi connectivity index (χ0) is 77.7. The summed E-state index contributed by atoms with van der Waals surface area (Å²) in [6, 6.07) is 31.2. The highest BCUT2D eigenvalue weighted by Crippen LogP contribution is 2.37.